The largest absolute Gasteiger partial charge is 0.359 e. The van der Waals surface area contributed by atoms with Gasteiger partial charge < -0.3 is 14.6 Å². The van der Waals surface area contributed by atoms with Crippen LogP contribution in [0.5, 0.6) is 0 Å². The lowest BCUT2D eigenvalue weighted by atomic mass is 9.83. The summed E-state index contributed by atoms with van der Waals surface area (Å²) in [4.78, 5) is 30.8. The second kappa shape index (κ2) is 12.8. The minimum Gasteiger partial charge on any atom is -0.359 e. The number of hydrogen-bond acceptors (Lipinski definition) is 4. The summed E-state index contributed by atoms with van der Waals surface area (Å²) in [7, 11) is 0. The van der Waals surface area contributed by atoms with Gasteiger partial charge in [-0.25, -0.2) is 4.39 Å². The second-order valence-corrected chi connectivity index (χ2v) is 11.1. The van der Waals surface area contributed by atoms with Crippen molar-refractivity contribution < 1.29 is 18.7 Å². The van der Waals surface area contributed by atoms with E-state index in [9.17, 15) is 14.0 Å². The third-order valence-electron chi connectivity index (χ3n) is 8.18. The van der Waals surface area contributed by atoms with E-state index in [4.69, 9.17) is 4.74 Å². The highest BCUT2D eigenvalue weighted by Gasteiger charge is 2.40. The number of amides is 1. The lowest BCUT2D eigenvalue weighted by molar-refractivity contribution is -0.154. The Hall–Kier alpha value is -4.10. The molecular weight excluding hydrogens is 529 g/mol. The number of ether oxygens (including phenoxy) is 1. The summed E-state index contributed by atoms with van der Waals surface area (Å²) in [5.74, 6) is -0.512. The first kappa shape index (κ1) is 29.4. The van der Waals surface area contributed by atoms with Crippen LogP contribution in [0.2, 0.25) is 0 Å². The number of nitrogens with one attached hydrogen (secondary N) is 1. The molecular formula is C35H38FN3O3. The number of hydrogen-bond donors (Lipinski definition) is 1. The van der Waals surface area contributed by atoms with Crippen molar-refractivity contribution in [3.63, 3.8) is 0 Å². The molecule has 1 aliphatic rings. The number of pyridine rings is 1. The van der Waals surface area contributed by atoms with Crippen LogP contribution in [-0.2, 0) is 22.7 Å². The maximum atomic E-state index is 14.3. The van der Waals surface area contributed by atoms with Crippen LogP contribution in [0.15, 0.2) is 66.9 Å². The van der Waals surface area contributed by atoms with Crippen LogP contribution >= 0.6 is 0 Å². The van der Waals surface area contributed by atoms with Gasteiger partial charge in [0.15, 0.2) is 5.78 Å². The molecule has 1 fully saturated rings. The number of fused-ring (bicyclic) bond motifs is 1. The van der Waals surface area contributed by atoms with Crippen LogP contribution < -0.4 is 5.32 Å². The molecule has 7 heteroatoms. The highest BCUT2D eigenvalue weighted by molar-refractivity contribution is 6.17. The van der Waals surface area contributed by atoms with Crippen molar-refractivity contribution in [2.45, 2.75) is 71.6 Å². The summed E-state index contributed by atoms with van der Waals surface area (Å²) in [5.41, 5.74) is 4.71. The number of carbonyl (C=O) groups excluding carboxylic acids is 2. The van der Waals surface area contributed by atoms with Gasteiger partial charge in [-0.15, -0.1) is 0 Å². The Labute approximate surface area is 246 Å². The van der Waals surface area contributed by atoms with Gasteiger partial charge >= 0.3 is 0 Å². The maximum absolute atomic E-state index is 14.3. The molecule has 1 amide bonds. The molecule has 42 heavy (non-hydrogen) atoms. The fraction of sp³-hybridized carbons (Fsp3) is 0.343. The van der Waals surface area contributed by atoms with Crippen molar-refractivity contribution in [2.24, 2.45) is 0 Å². The van der Waals surface area contributed by atoms with Gasteiger partial charge in [-0.05, 0) is 63.4 Å². The topological polar surface area (TPSA) is 73.2 Å². The predicted octanol–water partition coefficient (Wildman–Crippen LogP) is 7.09. The standard InChI is InChI=1S/C35H38FN3O3/c1-4-37-34(41)35(18-6-5-7-19-35)42-23-29-16-12-26(22-38-29)9-8-20-39-25(3)32(30-21-28(36)15-17-31(30)39)33(40)27-13-10-24(2)11-14-27/h8-17,21-22H,4-7,18-20,23H2,1-3H3,(H,37,41). The first-order chi connectivity index (χ1) is 20.3. The minimum absolute atomic E-state index is 0.0245. The number of aromatic nitrogens is 2. The van der Waals surface area contributed by atoms with Crippen molar-refractivity contribution in [3.8, 4) is 0 Å². The Kier molecular flexibility index (Phi) is 8.97. The molecule has 2 heterocycles. The van der Waals surface area contributed by atoms with E-state index < -0.39 is 5.60 Å². The molecule has 0 atom stereocenters. The van der Waals surface area contributed by atoms with Crippen molar-refractivity contribution in [1.29, 1.82) is 0 Å². The zero-order valence-electron chi connectivity index (χ0n) is 24.6. The molecule has 0 unspecified atom stereocenters. The molecule has 6 nitrogen and oxygen atoms in total. The zero-order chi connectivity index (χ0) is 29.7. The monoisotopic (exact) mass is 567 g/mol. The number of ketones is 1. The molecule has 218 valence electrons. The number of carbonyl (C=O) groups is 2. The van der Waals surface area contributed by atoms with Gasteiger partial charge in [-0.1, -0.05) is 67.3 Å². The van der Waals surface area contributed by atoms with Gasteiger partial charge in [0.1, 0.15) is 11.4 Å². The first-order valence-corrected chi connectivity index (χ1v) is 14.7. The zero-order valence-corrected chi connectivity index (χ0v) is 24.6. The third-order valence-corrected chi connectivity index (χ3v) is 8.18. The van der Waals surface area contributed by atoms with Gasteiger partial charge in [-0.2, -0.15) is 0 Å². The average Bonchev–Trinajstić information content (AvgIpc) is 3.27. The van der Waals surface area contributed by atoms with E-state index in [1.165, 1.54) is 12.1 Å². The van der Waals surface area contributed by atoms with E-state index in [1.54, 1.807) is 12.3 Å². The fourth-order valence-electron chi connectivity index (χ4n) is 5.83. The van der Waals surface area contributed by atoms with E-state index in [1.807, 2.05) is 73.9 Å². The van der Waals surface area contributed by atoms with Gasteiger partial charge in [0.25, 0.3) is 5.91 Å². The fourth-order valence-corrected chi connectivity index (χ4v) is 5.83. The molecule has 5 rings (SSSR count). The summed E-state index contributed by atoms with van der Waals surface area (Å²) in [6.45, 7) is 7.18. The summed E-state index contributed by atoms with van der Waals surface area (Å²) >= 11 is 0. The molecule has 0 saturated heterocycles. The normalized spacial score (nSPS) is 14.9. The SMILES string of the molecule is CCNC(=O)C1(OCc2ccc(C=CCn3c(C)c(C(=O)c4ccc(C)cc4)c4cc(F)ccc43)cn2)CCCCC1. The van der Waals surface area contributed by atoms with E-state index in [-0.39, 0.29) is 24.1 Å². The summed E-state index contributed by atoms with van der Waals surface area (Å²) < 4.78 is 22.5. The van der Waals surface area contributed by atoms with Crippen LogP contribution in [0.25, 0.3) is 17.0 Å². The molecule has 0 radical (unpaired) electrons. The summed E-state index contributed by atoms with van der Waals surface area (Å²) in [6, 6.07) is 15.9. The molecule has 0 bridgehead atoms. The number of benzene rings is 2. The van der Waals surface area contributed by atoms with E-state index in [0.29, 0.717) is 29.6 Å². The van der Waals surface area contributed by atoms with Crippen LogP contribution in [0, 0.1) is 19.7 Å². The predicted molar refractivity (Wildman–Crippen MR) is 164 cm³/mol. The average molecular weight is 568 g/mol. The minimum atomic E-state index is -0.769. The molecule has 1 N–H and O–H groups in total. The number of allylic oxidation sites excluding steroid dienone is 1. The lowest BCUT2D eigenvalue weighted by Gasteiger charge is -2.35. The van der Waals surface area contributed by atoms with Gasteiger partial charge in [0.05, 0.1) is 17.9 Å². The number of halogens is 1. The van der Waals surface area contributed by atoms with Crippen LogP contribution in [-0.4, -0.2) is 33.4 Å². The van der Waals surface area contributed by atoms with Crippen molar-refractivity contribution in [1.82, 2.24) is 14.9 Å². The first-order valence-electron chi connectivity index (χ1n) is 14.7. The Bertz CT molecular complexity index is 1600. The van der Waals surface area contributed by atoms with Gasteiger partial charge in [0.2, 0.25) is 0 Å². The Morgan fingerprint density at radius 1 is 1.05 bits per heavy atom. The van der Waals surface area contributed by atoms with Crippen LogP contribution in [0.3, 0.4) is 0 Å². The number of likely N-dealkylation sites (N-methyl/N-ethyl adjacent to an activating group) is 1. The van der Waals surface area contributed by atoms with Crippen molar-refractivity contribution in [2.75, 3.05) is 6.54 Å². The molecule has 1 saturated carbocycles. The molecule has 0 aliphatic heterocycles. The quantitative estimate of drug-likeness (QED) is 0.208. The maximum Gasteiger partial charge on any atom is 0.252 e. The third kappa shape index (κ3) is 6.21. The smallest absolute Gasteiger partial charge is 0.252 e. The van der Waals surface area contributed by atoms with Gasteiger partial charge in [-0.3, -0.25) is 14.6 Å². The molecule has 2 aromatic heterocycles. The van der Waals surface area contributed by atoms with E-state index in [0.717, 1.165) is 60.1 Å². The summed E-state index contributed by atoms with van der Waals surface area (Å²) in [6.07, 6.45) is 10.3. The summed E-state index contributed by atoms with van der Waals surface area (Å²) in [5, 5.41) is 3.55. The number of nitrogens with zero attached hydrogens (tertiary/aromatic N) is 2. The Balaban J connectivity index is 1.30. The Morgan fingerprint density at radius 2 is 1.81 bits per heavy atom. The highest BCUT2D eigenvalue weighted by Crippen LogP contribution is 2.33. The molecule has 4 aromatic rings. The molecule has 1 aliphatic carbocycles. The van der Waals surface area contributed by atoms with Crippen LogP contribution in [0.1, 0.15) is 77.5 Å². The van der Waals surface area contributed by atoms with Gasteiger partial charge in [0, 0.05) is 41.4 Å². The van der Waals surface area contributed by atoms with Crippen LogP contribution in [0.4, 0.5) is 4.39 Å². The number of aryl methyl sites for hydroxylation is 1. The molecule has 2 aromatic carbocycles. The lowest BCUT2D eigenvalue weighted by Crippen LogP contribution is -2.50. The van der Waals surface area contributed by atoms with Crippen molar-refractivity contribution in [3.05, 3.63) is 106 Å². The van der Waals surface area contributed by atoms with Crippen molar-refractivity contribution >= 4 is 28.7 Å². The molecule has 0 spiro atoms. The highest BCUT2D eigenvalue weighted by atomic mass is 19.1. The Morgan fingerprint density at radius 3 is 2.50 bits per heavy atom. The van der Waals surface area contributed by atoms with E-state index in [2.05, 4.69) is 10.3 Å². The second-order valence-electron chi connectivity index (χ2n) is 11.1. The number of rotatable bonds is 10. The van der Waals surface area contributed by atoms with E-state index >= 15 is 0 Å².